The summed E-state index contributed by atoms with van der Waals surface area (Å²) in [6.45, 7) is 0.586. The van der Waals surface area contributed by atoms with E-state index in [0.29, 0.717) is 18.2 Å². The van der Waals surface area contributed by atoms with Crippen molar-refractivity contribution in [1.82, 2.24) is 23.7 Å². The molecule has 3 aromatic heterocycles. The van der Waals surface area contributed by atoms with Crippen LogP contribution in [0.3, 0.4) is 0 Å². The number of fused-ring (bicyclic) bond motifs is 1. The molecule has 0 bridgehead atoms. The summed E-state index contributed by atoms with van der Waals surface area (Å²) in [6.07, 6.45) is 8.12. The van der Waals surface area contributed by atoms with E-state index < -0.39 is 0 Å². The minimum Gasteiger partial charge on any atom is -0.323 e. The number of hydrogen-bond acceptors (Lipinski definition) is 4. The van der Waals surface area contributed by atoms with Crippen LogP contribution in [0, 0.1) is 0 Å². The molecular formula is C14H15N5OS. The van der Waals surface area contributed by atoms with Crippen LogP contribution in [0.4, 0.5) is 0 Å². The minimum absolute atomic E-state index is 0.0864. The van der Waals surface area contributed by atoms with Crippen molar-refractivity contribution in [3.05, 3.63) is 47.3 Å². The van der Waals surface area contributed by atoms with Crippen molar-refractivity contribution >= 4 is 17.4 Å². The van der Waals surface area contributed by atoms with Crippen molar-refractivity contribution in [2.24, 2.45) is 0 Å². The quantitative estimate of drug-likeness (QED) is 0.675. The highest BCUT2D eigenvalue weighted by Crippen LogP contribution is 2.37. The second-order valence-electron chi connectivity index (χ2n) is 5.13. The highest BCUT2D eigenvalue weighted by Gasteiger charge is 2.25. The van der Waals surface area contributed by atoms with E-state index in [1.54, 1.807) is 22.4 Å². The van der Waals surface area contributed by atoms with E-state index in [2.05, 4.69) is 14.6 Å². The smallest absolute Gasteiger partial charge is 0.323 e. The van der Waals surface area contributed by atoms with Crippen molar-refractivity contribution in [2.75, 3.05) is 5.75 Å². The van der Waals surface area contributed by atoms with Gasteiger partial charge in [-0.2, -0.15) is 0 Å². The van der Waals surface area contributed by atoms with Crippen LogP contribution in [0.2, 0.25) is 0 Å². The number of rotatable bonds is 5. The number of aryl methyl sites for hydroxylation is 1. The molecule has 1 saturated carbocycles. The molecule has 1 aliphatic carbocycles. The van der Waals surface area contributed by atoms with Gasteiger partial charge in [0.15, 0.2) is 10.8 Å². The van der Waals surface area contributed by atoms with Gasteiger partial charge in [0.1, 0.15) is 0 Å². The van der Waals surface area contributed by atoms with Crippen LogP contribution in [0.15, 0.2) is 46.7 Å². The van der Waals surface area contributed by atoms with Crippen molar-refractivity contribution < 1.29 is 0 Å². The molecule has 0 N–H and O–H groups in total. The molecule has 0 unspecified atom stereocenters. The first-order valence-electron chi connectivity index (χ1n) is 7.03. The van der Waals surface area contributed by atoms with Crippen LogP contribution < -0.4 is 5.69 Å². The van der Waals surface area contributed by atoms with Crippen molar-refractivity contribution in [3.8, 4) is 0 Å². The summed E-state index contributed by atoms with van der Waals surface area (Å²) in [7, 11) is 0. The Kier molecular flexibility index (Phi) is 3.07. The lowest BCUT2D eigenvalue weighted by molar-refractivity contribution is 0.634. The molecule has 21 heavy (non-hydrogen) atoms. The molecule has 1 fully saturated rings. The first-order valence-corrected chi connectivity index (χ1v) is 8.01. The number of imidazole rings is 1. The maximum absolute atomic E-state index is 12.1. The topological polar surface area (TPSA) is 57.1 Å². The zero-order valence-corrected chi connectivity index (χ0v) is 12.2. The summed E-state index contributed by atoms with van der Waals surface area (Å²) < 4.78 is 5.32. The average molecular weight is 301 g/mol. The van der Waals surface area contributed by atoms with E-state index in [4.69, 9.17) is 0 Å². The highest BCUT2D eigenvalue weighted by molar-refractivity contribution is 7.99. The van der Waals surface area contributed by atoms with Crippen LogP contribution >= 0.6 is 11.8 Å². The molecule has 0 aliphatic heterocycles. The number of nitrogens with zero attached hydrogens (tertiary/aromatic N) is 5. The monoisotopic (exact) mass is 301 g/mol. The molecule has 0 atom stereocenters. The Bertz CT molecular complexity index is 829. The molecule has 6 nitrogen and oxygen atoms in total. The Morgan fingerprint density at radius 1 is 1.29 bits per heavy atom. The van der Waals surface area contributed by atoms with Gasteiger partial charge < -0.3 is 4.57 Å². The van der Waals surface area contributed by atoms with E-state index in [0.717, 1.165) is 10.9 Å². The molecule has 0 amide bonds. The molecule has 3 aromatic rings. The van der Waals surface area contributed by atoms with Gasteiger partial charge in [0, 0.05) is 30.4 Å². The third kappa shape index (κ3) is 2.37. The normalized spacial score (nSPS) is 14.9. The second kappa shape index (κ2) is 5.07. The van der Waals surface area contributed by atoms with Gasteiger partial charge in [-0.05, 0) is 25.0 Å². The summed E-state index contributed by atoms with van der Waals surface area (Å²) in [5.41, 5.74) is 0.601. The van der Waals surface area contributed by atoms with Gasteiger partial charge in [0.25, 0.3) is 0 Å². The number of aromatic nitrogens is 5. The molecular weight excluding hydrogens is 286 g/mol. The van der Waals surface area contributed by atoms with Crippen LogP contribution in [-0.2, 0) is 6.54 Å². The molecule has 3 heterocycles. The average Bonchev–Trinajstić information content (AvgIpc) is 3.16. The molecule has 0 saturated heterocycles. The Morgan fingerprint density at radius 2 is 2.19 bits per heavy atom. The Balaban J connectivity index is 1.47. The fourth-order valence-corrected chi connectivity index (χ4v) is 3.32. The maximum Gasteiger partial charge on any atom is 0.350 e. The maximum atomic E-state index is 12.1. The van der Waals surface area contributed by atoms with Gasteiger partial charge in [-0.25, -0.2) is 14.5 Å². The standard InChI is InChI=1S/C14H15N5OS/c20-14-18-7-2-1-3-12(18)16-19(14)9-10-21-13-15-6-8-17(13)11-4-5-11/h1-3,6-8,11H,4-5,9-10H2. The van der Waals surface area contributed by atoms with Crippen molar-refractivity contribution in [2.45, 2.75) is 30.6 Å². The van der Waals surface area contributed by atoms with Gasteiger partial charge >= 0.3 is 5.69 Å². The van der Waals surface area contributed by atoms with E-state index in [1.807, 2.05) is 30.6 Å². The largest absolute Gasteiger partial charge is 0.350 e. The van der Waals surface area contributed by atoms with Crippen molar-refractivity contribution in [3.63, 3.8) is 0 Å². The predicted molar refractivity (Wildman–Crippen MR) is 80.7 cm³/mol. The zero-order valence-electron chi connectivity index (χ0n) is 11.4. The van der Waals surface area contributed by atoms with Crippen LogP contribution in [-0.4, -0.2) is 29.5 Å². The summed E-state index contributed by atoms with van der Waals surface area (Å²) in [6, 6.07) is 6.19. The first kappa shape index (κ1) is 12.7. The predicted octanol–water partition coefficient (Wildman–Crippen LogP) is 1.82. The molecule has 4 rings (SSSR count). The second-order valence-corrected chi connectivity index (χ2v) is 6.19. The van der Waals surface area contributed by atoms with E-state index in [1.165, 1.54) is 17.5 Å². The Labute approximate surface area is 125 Å². The number of pyridine rings is 1. The zero-order chi connectivity index (χ0) is 14.2. The minimum atomic E-state index is -0.0864. The van der Waals surface area contributed by atoms with E-state index in [-0.39, 0.29) is 5.69 Å². The van der Waals surface area contributed by atoms with Crippen LogP contribution in [0.5, 0.6) is 0 Å². The molecule has 1 aliphatic rings. The lowest BCUT2D eigenvalue weighted by Gasteiger charge is -2.04. The van der Waals surface area contributed by atoms with Gasteiger partial charge in [-0.3, -0.25) is 4.40 Å². The summed E-state index contributed by atoms with van der Waals surface area (Å²) in [5, 5.41) is 5.36. The Morgan fingerprint density at radius 3 is 3.00 bits per heavy atom. The summed E-state index contributed by atoms with van der Waals surface area (Å²) in [4.78, 5) is 16.5. The fraction of sp³-hybridized carbons (Fsp3) is 0.357. The fourth-order valence-electron chi connectivity index (χ4n) is 2.38. The van der Waals surface area contributed by atoms with Gasteiger partial charge in [0.2, 0.25) is 0 Å². The Hall–Kier alpha value is -2.02. The summed E-state index contributed by atoms with van der Waals surface area (Å²) in [5.74, 6) is 0.785. The molecule has 7 heteroatoms. The van der Waals surface area contributed by atoms with E-state index in [9.17, 15) is 4.79 Å². The highest BCUT2D eigenvalue weighted by atomic mass is 32.2. The third-order valence-electron chi connectivity index (χ3n) is 3.60. The molecule has 0 radical (unpaired) electrons. The molecule has 0 aromatic carbocycles. The first-order chi connectivity index (χ1) is 10.3. The van der Waals surface area contributed by atoms with E-state index >= 15 is 0 Å². The number of thioether (sulfide) groups is 1. The van der Waals surface area contributed by atoms with Gasteiger partial charge in [0.05, 0.1) is 6.54 Å². The van der Waals surface area contributed by atoms with Gasteiger partial charge in [-0.15, -0.1) is 5.10 Å². The van der Waals surface area contributed by atoms with Crippen LogP contribution in [0.1, 0.15) is 18.9 Å². The number of hydrogen-bond donors (Lipinski definition) is 0. The van der Waals surface area contributed by atoms with Crippen molar-refractivity contribution in [1.29, 1.82) is 0 Å². The summed E-state index contributed by atoms with van der Waals surface area (Å²) >= 11 is 1.68. The van der Waals surface area contributed by atoms with Crippen LogP contribution in [0.25, 0.3) is 5.65 Å². The third-order valence-corrected chi connectivity index (χ3v) is 4.56. The molecule has 0 spiro atoms. The lowest BCUT2D eigenvalue weighted by atomic mass is 10.5. The van der Waals surface area contributed by atoms with Gasteiger partial charge in [-0.1, -0.05) is 17.8 Å². The SMILES string of the molecule is O=c1n(CCSc2nccn2C2CC2)nc2ccccn12. The lowest BCUT2D eigenvalue weighted by Crippen LogP contribution is -2.22. The molecule has 108 valence electrons.